The van der Waals surface area contributed by atoms with E-state index in [0.29, 0.717) is 0 Å². The molecule has 0 atom stereocenters. The third-order valence-electron chi connectivity index (χ3n) is 0. The molecule has 6 heavy (non-hydrogen) atoms. The largest absolute Gasteiger partial charge is 0.397 e. The molecule has 0 saturated heterocycles. The SMILES string of the molecule is CCO.Cl.Cl.[Fe]. The number of hydrogen-bond donors (Lipinski definition) is 1. The van der Waals surface area contributed by atoms with Crippen LogP contribution >= 0.6 is 24.8 Å². The summed E-state index contributed by atoms with van der Waals surface area (Å²) in [6, 6.07) is 0. The molecule has 1 N–H and O–H groups in total. The fraction of sp³-hybridized carbons (Fsp3) is 1.00. The van der Waals surface area contributed by atoms with Crippen LogP contribution in [-0.2, 0) is 17.1 Å². The van der Waals surface area contributed by atoms with Crippen LogP contribution in [0.15, 0.2) is 0 Å². The van der Waals surface area contributed by atoms with E-state index < -0.39 is 0 Å². The fourth-order valence-electron chi connectivity index (χ4n) is 0. The summed E-state index contributed by atoms with van der Waals surface area (Å²) in [5, 5.41) is 7.57. The second-order valence-electron chi connectivity index (χ2n) is 0.316. The maximum Gasteiger partial charge on any atom is 0.0402 e. The zero-order valence-electron chi connectivity index (χ0n) is 3.32. The first-order valence-corrected chi connectivity index (χ1v) is 1.02. The minimum Gasteiger partial charge on any atom is -0.397 e. The molecule has 1 nitrogen and oxygen atoms in total. The summed E-state index contributed by atoms with van der Waals surface area (Å²) in [7, 11) is 0. The molecule has 0 radical (unpaired) electrons. The van der Waals surface area contributed by atoms with Gasteiger partial charge in [-0.1, -0.05) is 0 Å². The molecule has 0 amide bonds. The van der Waals surface area contributed by atoms with Gasteiger partial charge >= 0.3 is 0 Å². The molecule has 0 unspecified atom stereocenters. The normalized spacial score (nSPS) is 3.00. The van der Waals surface area contributed by atoms with E-state index in [9.17, 15) is 0 Å². The van der Waals surface area contributed by atoms with Crippen molar-refractivity contribution in [3.05, 3.63) is 0 Å². The molecular weight excluding hydrogens is 167 g/mol. The Hall–Kier alpha value is 1.06. The van der Waals surface area contributed by atoms with E-state index in [2.05, 4.69) is 0 Å². The molecule has 0 spiro atoms. The molecule has 0 aliphatic rings. The molecule has 0 fully saturated rings. The molecule has 0 rings (SSSR count). The first-order chi connectivity index (χ1) is 1.41. The van der Waals surface area contributed by atoms with Crippen LogP contribution in [0.25, 0.3) is 0 Å². The summed E-state index contributed by atoms with van der Waals surface area (Å²) < 4.78 is 0. The second kappa shape index (κ2) is 36.6. The predicted molar refractivity (Wildman–Crippen MR) is 27.3 cm³/mol. The average Bonchev–Trinajstić information content (AvgIpc) is 0.918. The van der Waals surface area contributed by atoms with E-state index >= 15 is 0 Å². The molecule has 0 aliphatic carbocycles. The zero-order valence-corrected chi connectivity index (χ0v) is 6.06. The maximum atomic E-state index is 7.57. The molecule has 0 aliphatic heterocycles. The summed E-state index contributed by atoms with van der Waals surface area (Å²) in [6.07, 6.45) is 0. The van der Waals surface area contributed by atoms with Crippen molar-refractivity contribution in [1.29, 1.82) is 0 Å². The molecule has 0 heterocycles. The molecule has 4 heteroatoms. The molecule has 44 valence electrons. The minimum atomic E-state index is 0. The van der Waals surface area contributed by atoms with Gasteiger partial charge in [-0.3, -0.25) is 0 Å². The van der Waals surface area contributed by atoms with E-state index in [-0.39, 0.29) is 48.5 Å². The predicted octanol–water partition coefficient (Wildman–Crippen LogP) is 0.840. The monoisotopic (exact) mass is 174 g/mol. The van der Waals surface area contributed by atoms with Crippen molar-refractivity contribution in [1.82, 2.24) is 0 Å². The van der Waals surface area contributed by atoms with Crippen LogP contribution in [0.4, 0.5) is 0 Å². The van der Waals surface area contributed by atoms with Gasteiger partial charge in [-0.25, -0.2) is 0 Å². The Morgan fingerprint density at radius 2 is 1.33 bits per heavy atom. The molecule has 0 aromatic rings. The van der Waals surface area contributed by atoms with E-state index in [4.69, 9.17) is 5.11 Å². The molecular formula is C2H8Cl2FeO. The van der Waals surface area contributed by atoms with Crippen LogP contribution in [0.2, 0.25) is 0 Å². The summed E-state index contributed by atoms with van der Waals surface area (Å²) in [5.41, 5.74) is 0. The van der Waals surface area contributed by atoms with E-state index in [1.54, 1.807) is 6.92 Å². The Morgan fingerprint density at radius 1 is 1.33 bits per heavy atom. The number of hydrogen-bond acceptors (Lipinski definition) is 1. The smallest absolute Gasteiger partial charge is 0.0402 e. The average molecular weight is 175 g/mol. The van der Waals surface area contributed by atoms with Gasteiger partial charge < -0.3 is 5.11 Å². The topological polar surface area (TPSA) is 20.2 Å². The Bertz CT molecular complexity index is 11.5. The van der Waals surface area contributed by atoms with Crippen molar-refractivity contribution < 1.29 is 22.2 Å². The Morgan fingerprint density at radius 3 is 1.33 bits per heavy atom. The Labute approximate surface area is 60.8 Å². The van der Waals surface area contributed by atoms with Crippen LogP contribution in [0.5, 0.6) is 0 Å². The van der Waals surface area contributed by atoms with Crippen LogP contribution in [0.1, 0.15) is 6.92 Å². The number of halogens is 2. The van der Waals surface area contributed by atoms with Gasteiger partial charge in [-0.2, -0.15) is 0 Å². The van der Waals surface area contributed by atoms with Gasteiger partial charge in [0.05, 0.1) is 0 Å². The third kappa shape index (κ3) is 74.3. The van der Waals surface area contributed by atoms with Crippen molar-refractivity contribution in [2.45, 2.75) is 6.92 Å². The van der Waals surface area contributed by atoms with Gasteiger partial charge in [0, 0.05) is 23.7 Å². The summed E-state index contributed by atoms with van der Waals surface area (Å²) in [4.78, 5) is 0. The first kappa shape index (κ1) is 27.7. The van der Waals surface area contributed by atoms with Gasteiger partial charge in [0.25, 0.3) is 0 Å². The molecule has 0 saturated carbocycles. The third-order valence-corrected chi connectivity index (χ3v) is 0. The van der Waals surface area contributed by atoms with Gasteiger partial charge in [-0.05, 0) is 6.92 Å². The van der Waals surface area contributed by atoms with Gasteiger partial charge in [0.15, 0.2) is 0 Å². The zero-order chi connectivity index (χ0) is 2.71. The van der Waals surface area contributed by atoms with Crippen LogP contribution in [0, 0.1) is 0 Å². The molecule has 0 aromatic heterocycles. The van der Waals surface area contributed by atoms with Crippen molar-refractivity contribution in [2.24, 2.45) is 0 Å². The standard InChI is InChI=1S/C2H6O.2ClH.Fe/c1-2-3;;;/h3H,2H2,1H3;2*1H;. The number of aliphatic hydroxyl groups excluding tert-OH is 1. The van der Waals surface area contributed by atoms with E-state index in [0.717, 1.165) is 0 Å². The Balaban J connectivity index is -0.00000000667. The molecule has 0 aromatic carbocycles. The Kier molecular flexibility index (Phi) is 169. The van der Waals surface area contributed by atoms with Crippen molar-refractivity contribution in [3.63, 3.8) is 0 Å². The van der Waals surface area contributed by atoms with Gasteiger partial charge in [0.1, 0.15) is 0 Å². The van der Waals surface area contributed by atoms with Crippen LogP contribution < -0.4 is 0 Å². The van der Waals surface area contributed by atoms with Crippen LogP contribution in [0.3, 0.4) is 0 Å². The van der Waals surface area contributed by atoms with Gasteiger partial charge in [-0.15, -0.1) is 24.8 Å². The molecule has 0 bridgehead atoms. The summed E-state index contributed by atoms with van der Waals surface area (Å²) >= 11 is 0. The number of rotatable bonds is 0. The van der Waals surface area contributed by atoms with Gasteiger partial charge in [0.2, 0.25) is 0 Å². The first-order valence-electron chi connectivity index (χ1n) is 1.02. The fourth-order valence-corrected chi connectivity index (χ4v) is 0. The summed E-state index contributed by atoms with van der Waals surface area (Å²) in [5.74, 6) is 0. The van der Waals surface area contributed by atoms with E-state index in [1.165, 1.54) is 0 Å². The van der Waals surface area contributed by atoms with Crippen molar-refractivity contribution >= 4 is 24.8 Å². The number of aliphatic hydroxyl groups is 1. The van der Waals surface area contributed by atoms with Crippen molar-refractivity contribution in [3.8, 4) is 0 Å². The summed E-state index contributed by atoms with van der Waals surface area (Å²) in [6.45, 7) is 1.93. The van der Waals surface area contributed by atoms with Crippen molar-refractivity contribution in [2.75, 3.05) is 6.61 Å². The second-order valence-corrected chi connectivity index (χ2v) is 0.316. The van der Waals surface area contributed by atoms with E-state index in [1.807, 2.05) is 0 Å². The van der Waals surface area contributed by atoms with Crippen LogP contribution in [-0.4, -0.2) is 11.7 Å². The maximum absolute atomic E-state index is 7.57. The minimum absolute atomic E-state index is 0. The quantitative estimate of drug-likeness (QED) is 0.540.